The number of nitrogens with one attached hydrogen (secondary N) is 1. The molecule has 1 atom stereocenters. The van der Waals surface area contributed by atoms with Crippen LogP contribution in [0.5, 0.6) is 5.75 Å². The molecule has 0 bridgehead atoms. The highest BCUT2D eigenvalue weighted by Crippen LogP contribution is 2.13. The Hall–Kier alpha value is -2.09. The largest absolute Gasteiger partial charge is 0.481 e. The van der Waals surface area contributed by atoms with Crippen LogP contribution in [0.3, 0.4) is 0 Å². The lowest BCUT2D eigenvalue weighted by Crippen LogP contribution is -2.33. The quantitative estimate of drug-likeness (QED) is 0.599. The smallest absolute Gasteiger partial charge is 0.273 e. The van der Waals surface area contributed by atoms with E-state index < -0.39 is 17.8 Å². The molecule has 1 unspecified atom stereocenters. The molecule has 0 fully saturated rings. The van der Waals surface area contributed by atoms with Gasteiger partial charge in [-0.25, -0.2) is 4.39 Å². The minimum Gasteiger partial charge on any atom is -0.481 e. The third kappa shape index (κ3) is 3.27. The van der Waals surface area contributed by atoms with Crippen molar-refractivity contribution in [3.63, 3.8) is 0 Å². The van der Waals surface area contributed by atoms with Gasteiger partial charge in [-0.3, -0.25) is 10.1 Å². The first-order chi connectivity index (χ1) is 7.13. The van der Waals surface area contributed by atoms with E-state index in [4.69, 9.17) is 10.00 Å². The third-order valence-corrected chi connectivity index (χ3v) is 1.66. The number of hydrogen-bond donors (Lipinski definition) is 1. The summed E-state index contributed by atoms with van der Waals surface area (Å²) in [6.45, 7) is 1.47. The average Bonchev–Trinajstić information content (AvgIpc) is 2.18. The van der Waals surface area contributed by atoms with E-state index in [1.165, 1.54) is 31.3 Å². The summed E-state index contributed by atoms with van der Waals surface area (Å²) in [6.07, 6.45) is 0.651. The van der Waals surface area contributed by atoms with Crippen molar-refractivity contribution >= 4 is 5.91 Å². The van der Waals surface area contributed by atoms with Crippen LogP contribution in [0.2, 0.25) is 0 Å². The van der Waals surface area contributed by atoms with E-state index in [9.17, 15) is 9.18 Å². The number of nitriles is 1. The lowest BCUT2D eigenvalue weighted by molar-refractivity contribution is -0.126. The van der Waals surface area contributed by atoms with Crippen molar-refractivity contribution in [2.45, 2.75) is 13.0 Å². The van der Waals surface area contributed by atoms with Gasteiger partial charge in [-0.1, -0.05) is 6.07 Å². The van der Waals surface area contributed by atoms with E-state index in [0.717, 1.165) is 6.07 Å². The average molecular weight is 208 g/mol. The Bertz CT molecular complexity index is 401. The first-order valence-electron chi connectivity index (χ1n) is 4.24. The van der Waals surface area contributed by atoms with Gasteiger partial charge >= 0.3 is 0 Å². The molecular weight excluding hydrogens is 199 g/mol. The maximum atomic E-state index is 12.7. The Labute approximate surface area is 86.3 Å². The molecule has 4 nitrogen and oxygen atoms in total. The number of carbonyl (C=O) groups is 1. The van der Waals surface area contributed by atoms with Gasteiger partial charge in [0.1, 0.15) is 11.6 Å². The zero-order valence-corrected chi connectivity index (χ0v) is 8.03. The normalized spacial score (nSPS) is 11.3. The van der Waals surface area contributed by atoms with Gasteiger partial charge in [0.2, 0.25) is 0 Å². The molecule has 15 heavy (non-hydrogen) atoms. The number of hydrogen-bond acceptors (Lipinski definition) is 3. The van der Waals surface area contributed by atoms with Crippen LogP contribution in [0, 0.1) is 17.3 Å². The minimum absolute atomic E-state index is 0.246. The summed E-state index contributed by atoms with van der Waals surface area (Å²) in [7, 11) is 0. The van der Waals surface area contributed by atoms with Crippen LogP contribution in [0.4, 0.5) is 4.39 Å². The topological polar surface area (TPSA) is 62.1 Å². The first kappa shape index (κ1) is 11.0. The summed E-state index contributed by atoms with van der Waals surface area (Å²) in [5, 5.41) is 10.1. The van der Waals surface area contributed by atoms with Gasteiger partial charge in [0, 0.05) is 6.07 Å². The molecule has 1 N–H and O–H groups in total. The Morgan fingerprint density at radius 2 is 2.40 bits per heavy atom. The fourth-order valence-corrected chi connectivity index (χ4v) is 0.955. The molecule has 0 aliphatic carbocycles. The zero-order chi connectivity index (χ0) is 11.3. The van der Waals surface area contributed by atoms with Gasteiger partial charge < -0.3 is 4.74 Å². The first-order valence-corrected chi connectivity index (χ1v) is 4.24. The van der Waals surface area contributed by atoms with Crippen molar-refractivity contribution < 1.29 is 13.9 Å². The maximum absolute atomic E-state index is 12.7. The van der Waals surface area contributed by atoms with Crippen molar-refractivity contribution in [3.8, 4) is 11.9 Å². The molecule has 0 heterocycles. The van der Waals surface area contributed by atoms with Crippen molar-refractivity contribution in [1.82, 2.24) is 5.32 Å². The standard InChI is InChI=1S/C10H9FN2O2/c1-7(10(14)13-6-12)15-9-4-2-3-8(11)5-9/h2-5,7H,1H3,(H,13,14). The van der Waals surface area contributed by atoms with Gasteiger partial charge in [-0.05, 0) is 19.1 Å². The second-order valence-corrected chi connectivity index (χ2v) is 2.82. The molecule has 0 radical (unpaired) electrons. The SMILES string of the molecule is CC(Oc1cccc(F)c1)C(=O)NC#N. The molecule has 1 aromatic rings. The number of ether oxygens (including phenoxy) is 1. The van der Waals surface area contributed by atoms with E-state index in [2.05, 4.69) is 0 Å². The maximum Gasteiger partial charge on any atom is 0.273 e. The second-order valence-electron chi connectivity index (χ2n) is 2.82. The van der Waals surface area contributed by atoms with Crippen LogP contribution >= 0.6 is 0 Å². The van der Waals surface area contributed by atoms with Gasteiger partial charge in [0.15, 0.2) is 12.3 Å². The third-order valence-electron chi connectivity index (χ3n) is 1.66. The Kier molecular flexibility index (Phi) is 3.63. The molecule has 0 spiro atoms. The number of benzene rings is 1. The molecule has 0 aromatic heterocycles. The van der Waals surface area contributed by atoms with Crippen LogP contribution in [0.1, 0.15) is 6.92 Å². The molecule has 5 heteroatoms. The Morgan fingerprint density at radius 1 is 1.67 bits per heavy atom. The van der Waals surface area contributed by atoms with E-state index in [0.29, 0.717) is 0 Å². The molecule has 1 amide bonds. The van der Waals surface area contributed by atoms with E-state index in [1.54, 1.807) is 0 Å². The van der Waals surface area contributed by atoms with Crippen molar-refractivity contribution in [3.05, 3.63) is 30.1 Å². The zero-order valence-electron chi connectivity index (χ0n) is 8.03. The highest BCUT2D eigenvalue weighted by atomic mass is 19.1. The molecule has 1 rings (SSSR count). The monoisotopic (exact) mass is 208 g/mol. The van der Waals surface area contributed by atoms with Gasteiger partial charge in [0.25, 0.3) is 5.91 Å². The van der Waals surface area contributed by atoms with E-state index >= 15 is 0 Å². The highest BCUT2D eigenvalue weighted by molar-refractivity contribution is 5.81. The van der Waals surface area contributed by atoms with Crippen molar-refractivity contribution in [2.24, 2.45) is 0 Å². The summed E-state index contributed by atoms with van der Waals surface area (Å²) in [6, 6.07) is 5.43. The molecule has 0 aliphatic heterocycles. The number of carbonyl (C=O) groups excluding carboxylic acids is 1. The minimum atomic E-state index is -0.841. The van der Waals surface area contributed by atoms with Gasteiger partial charge in [0.05, 0.1) is 0 Å². The van der Waals surface area contributed by atoms with Crippen LogP contribution in [0.25, 0.3) is 0 Å². The fraction of sp³-hybridized carbons (Fsp3) is 0.200. The number of halogens is 1. The Balaban J connectivity index is 2.63. The fourth-order valence-electron chi connectivity index (χ4n) is 0.955. The summed E-state index contributed by atoms with van der Waals surface area (Å²) in [4.78, 5) is 11.1. The highest BCUT2D eigenvalue weighted by Gasteiger charge is 2.13. The van der Waals surface area contributed by atoms with Crippen LogP contribution in [0.15, 0.2) is 24.3 Å². The lowest BCUT2D eigenvalue weighted by Gasteiger charge is -2.11. The number of rotatable bonds is 3. The van der Waals surface area contributed by atoms with Crippen LogP contribution < -0.4 is 10.1 Å². The molecule has 0 saturated carbocycles. The second kappa shape index (κ2) is 4.96. The Morgan fingerprint density at radius 3 is 3.00 bits per heavy atom. The lowest BCUT2D eigenvalue weighted by atomic mass is 10.3. The van der Waals surface area contributed by atoms with Crippen LogP contribution in [-0.2, 0) is 4.79 Å². The van der Waals surface area contributed by atoms with Crippen molar-refractivity contribution in [2.75, 3.05) is 0 Å². The van der Waals surface area contributed by atoms with E-state index in [-0.39, 0.29) is 5.75 Å². The molecule has 0 aliphatic rings. The molecule has 1 aromatic carbocycles. The molecule has 0 saturated heterocycles. The van der Waals surface area contributed by atoms with Crippen LogP contribution in [-0.4, -0.2) is 12.0 Å². The van der Waals surface area contributed by atoms with Crippen molar-refractivity contribution in [1.29, 1.82) is 5.26 Å². The number of nitrogens with zero attached hydrogens (tertiary/aromatic N) is 1. The summed E-state index contributed by atoms with van der Waals surface area (Å²) in [5.41, 5.74) is 0. The number of amides is 1. The summed E-state index contributed by atoms with van der Waals surface area (Å²) >= 11 is 0. The predicted octanol–water partition coefficient (Wildman–Crippen LogP) is 1.19. The summed E-state index contributed by atoms with van der Waals surface area (Å²) < 4.78 is 17.8. The predicted molar refractivity (Wildman–Crippen MR) is 50.2 cm³/mol. The molecular formula is C10H9FN2O2. The van der Waals surface area contributed by atoms with Gasteiger partial charge in [-0.15, -0.1) is 0 Å². The molecule has 78 valence electrons. The van der Waals surface area contributed by atoms with E-state index in [1.807, 2.05) is 5.32 Å². The summed E-state index contributed by atoms with van der Waals surface area (Å²) in [5.74, 6) is -0.766. The van der Waals surface area contributed by atoms with Gasteiger partial charge in [-0.2, -0.15) is 5.26 Å².